The molecule has 0 amide bonds. The highest BCUT2D eigenvalue weighted by Crippen LogP contribution is 2.37. The standard InChI is InChI=1S/C36H35N9O2/c1-19(2)40-33(38)21-6-10-26-28(15-21)44-35(42-26)23-8-12-30(25(14-23)18-37)47-31-13-9-24(17-32(31)46-5)36-43-27-11-7-22(16-29(27)45-36)34(39)41-20(3)4/h6-17,19-20H,1-5H3,(H2,38,40)(H2,39,41)(H,42,44)(H,43,45). The summed E-state index contributed by atoms with van der Waals surface area (Å²) in [5.74, 6) is 3.26. The first-order valence-corrected chi connectivity index (χ1v) is 15.2. The fraction of sp³-hybridized carbons (Fsp3) is 0.194. The Kier molecular flexibility index (Phi) is 8.33. The Labute approximate surface area is 272 Å². The van der Waals surface area contributed by atoms with Gasteiger partial charge in [-0.1, -0.05) is 0 Å². The molecule has 0 saturated heterocycles. The van der Waals surface area contributed by atoms with E-state index in [0.717, 1.165) is 44.3 Å². The van der Waals surface area contributed by atoms with Crippen molar-refractivity contribution in [3.8, 4) is 46.1 Å². The first-order chi connectivity index (χ1) is 22.6. The number of nitrogens with zero attached hydrogens (tertiary/aromatic N) is 3. The van der Waals surface area contributed by atoms with Gasteiger partial charge in [-0.15, -0.1) is 0 Å². The summed E-state index contributed by atoms with van der Waals surface area (Å²) in [6, 6.07) is 24.7. The number of rotatable bonds is 9. The summed E-state index contributed by atoms with van der Waals surface area (Å²) in [6.45, 7) is 7.98. The zero-order valence-corrected chi connectivity index (χ0v) is 26.7. The highest BCUT2D eigenvalue weighted by Gasteiger charge is 2.16. The van der Waals surface area contributed by atoms with E-state index in [4.69, 9.17) is 30.3 Å². The summed E-state index contributed by atoms with van der Waals surface area (Å²) < 4.78 is 11.9. The predicted octanol–water partition coefficient (Wildman–Crippen LogP) is 7.09. The molecule has 0 fully saturated rings. The number of imidazole rings is 2. The lowest BCUT2D eigenvalue weighted by atomic mass is 10.1. The Morgan fingerprint density at radius 3 is 1.70 bits per heavy atom. The molecule has 0 aliphatic heterocycles. The molecular weight excluding hydrogens is 590 g/mol. The molecule has 11 heteroatoms. The van der Waals surface area contributed by atoms with E-state index in [1.807, 2.05) is 82.3 Å². The van der Waals surface area contributed by atoms with Crippen molar-refractivity contribution < 1.29 is 9.47 Å². The van der Waals surface area contributed by atoms with Crippen molar-refractivity contribution in [2.24, 2.45) is 0 Å². The van der Waals surface area contributed by atoms with Crippen LogP contribution in [0.25, 0.3) is 44.8 Å². The van der Waals surface area contributed by atoms with E-state index in [2.05, 4.69) is 26.7 Å². The second kappa shape index (κ2) is 12.7. The van der Waals surface area contributed by atoms with Crippen molar-refractivity contribution in [3.63, 3.8) is 0 Å². The fourth-order valence-electron chi connectivity index (χ4n) is 5.22. The van der Waals surface area contributed by atoms with Gasteiger partial charge in [0.2, 0.25) is 0 Å². The summed E-state index contributed by atoms with van der Waals surface area (Å²) >= 11 is 0. The van der Waals surface area contributed by atoms with E-state index in [9.17, 15) is 5.26 Å². The van der Waals surface area contributed by atoms with E-state index in [1.165, 1.54) is 0 Å². The van der Waals surface area contributed by atoms with Crippen molar-refractivity contribution >= 4 is 33.7 Å². The molecule has 47 heavy (non-hydrogen) atoms. The number of aromatic amines is 2. The van der Waals surface area contributed by atoms with Gasteiger partial charge in [-0.3, -0.25) is 10.8 Å². The van der Waals surface area contributed by atoms with Gasteiger partial charge in [-0.25, -0.2) is 9.97 Å². The Balaban J connectivity index is 1.24. The molecule has 11 nitrogen and oxygen atoms in total. The lowest BCUT2D eigenvalue weighted by Gasteiger charge is -2.13. The number of benzene rings is 4. The molecule has 6 rings (SSSR count). The normalized spacial score (nSPS) is 11.2. The number of hydrogen-bond acceptors (Lipinski definition) is 7. The molecule has 0 aliphatic rings. The van der Waals surface area contributed by atoms with Gasteiger partial charge < -0.3 is 30.1 Å². The topological polar surface area (TPSA) is 171 Å². The number of nitrogens with one attached hydrogen (secondary N) is 6. The molecule has 0 radical (unpaired) electrons. The average molecular weight is 626 g/mol. The summed E-state index contributed by atoms with van der Waals surface area (Å²) in [5.41, 5.74) is 6.55. The van der Waals surface area contributed by atoms with Gasteiger partial charge in [0.05, 0.1) is 34.7 Å². The molecule has 0 unspecified atom stereocenters. The van der Waals surface area contributed by atoms with E-state index < -0.39 is 0 Å². The smallest absolute Gasteiger partial charge is 0.169 e. The van der Waals surface area contributed by atoms with E-state index in [-0.39, 0.29) is 12.1 Å². The summed E-state index contributed by atoms with van der Waals surface area (Å²) in [4.78, 5) is 16.1. The number of hydrogen-bond donors (Lipinski definition) is 6. The van der Waals surface area contributed by atoms with Crippen LogP contribution in [0, 0.1) is 22.1 Å². The highest BCUT2D eigenvalue weighted by molar-refractivity contribution is 6.00. The summed E-state index contributed by atoms with van der Waals surface area (Å²) in [7, 11) is 1.56. The van der Waals surface area contributed by atoms with Crippen LogP contribution in [-0.4, -0.2) is 50.8 Å². The molecule has 0 bridgehead atoms. The van der Waals surface area contributed by atoms with Gasteiger partial charge in [0.25, 0.3) is 0 Å². The lowest BCUT2D eigenvalue weighted by molar-refractivity contribution is 0.378. The first kappa shape index (κ1) is 30.9. The molecule has 6 N–H and O–H groups in total. The molecule has 2 aromatic heterocycles. The number of amidine groups is 2. The first-order valence-electron chi connectivity index (χ1n) is 15.2. The Hall–Kier alpha value is -6.15. The van der Waals surface area contributed by atoms with Crippen molar-refractivity contribution in [3.05, 3.63) is 89.5 Å². The largest absolute Gasteiger partial charge is 0.493 e. The number of nitriles is 1. The molecule has 0 saturated carbocycles. The van der Waals surface area contributed by atoms with Gasteiger partial charge in [0.15, 0.2) is 11.5 Å². The third-order valence-electron chi connectivity index (χ3n) is 7.44. The van der Waals surface area contributed by atoms with Crippen LogP contribution in [0.2, 0.25) is 0 Å². The van der Waals surface area contributed by atoms with Gasteiger partial charge in [0.1, 0.15) is 35.1 Å². The zero-order chi connectivity index (χ0) is 33.2. The minimum Gasteiger partial charge on any atom is -0.493 e. The van der Waals surface area contributed by atoms with E-state index >= 15 is 0 Å². The van der Waals surface area contributed by atoms with E-state index in [0.29, 0.717) is 46.1 Å². The minimum absolute atomic E-state index is 0.152. The molecule has 2 heterocycles. The molecule has 0 atom stereocenters. The zero-order valence-electron chi connectivity index (χ0n) is 26.7. The monoisotopic (exact) mass is 625 g/mol. The van der Waals surface area contributed by atoms with Gasteiger partial charge >= 0.3 is 0 Å². The molecule has 0 spiro atoms. The molecule has 4 aromatic carbocycles. The van der Waals surface area contributed by atoms with Crippen LogP contribution >= 0.6 is 0 Å². The third-order valence-corrected chi connectivity index (χ3v) is 7.44. The maximum absolute atomic E-state index is 10.0. The number of fused-ring (bicyclic) bond motifs is 2. The maximum atomic E-state index is 10.0. The highest BCUT2D eigenvalue weighted by atomic mass is 16.5. The number of aromatic nitrogens is 4. The maximum Gasteiger partial charge on any atom is 0.169 e. The second-order valence-electron chi connectivity index (χ2n) is 11.8. The van der Waals surface area contributed by atoms with Gasteiger partial charge in [-0.05, 0) is 100 Å². The number of H-pyrrole nitrogens is 2. The molecular formula is C36H35N9O2. The SMILES string of the molecule is COc1cc(-c2nc3ccc(C(=N)NC(C)C)cc3[nH]2)ccc1Oc1ccc(-c2nc3ccc(C(=N)NC(C)C)cc3[nH]2)cc1C#N. The van der Waals surface area contributed by atoms with E-state index in [1.54, 1.807) is 25.3 Å². The number of ether oxygens (including phenoxy) is 2. The average Bonchev–Trinajstić information content (AvgIpc) is 3.68. The van der Waals surface area contributed by atoms with Crippen molar-refractivity contribution in [2.45, 2.75) is 39.8 Å². The molecule has 0 aliphatic carbocycles. The lowest BCUT2D eigenvalue weighted by Crippen LogP contribution is -2.30. The predicted molar refractivity (Wildman–Crippen MR) is 185 cm³/mol. The van der Waals surface area contributed by atoms with Crippen LogP contribution in [0.4, 0.5) is 0 Å². The van der Waals surface area contributed by atoms with Gasteiger partial charge in [-0.2, -0.15) is 5.26 Å². The van der Waals surface area contributed by atoms with Crippen LogP contribution in [0.15, 0.2) is 72.8 Å². The van der Waals surface area contributed by atoms with Crippen LogP contribution in [0.5, 0.6) is 17.2 Å². The summed E-state index contributed by atoms with van der Waals surface area (Å²) in [6.07, 6.45) is 0. The Morgan fingerprint density at radius 1 is 0.702 bits per heavy atom. The fourth-order valence-corrected chi connectivity index (χ4v) is 5.22. The number of methoxy groups -OCH3 is 1. The van der Waals surface area contributed by atoms with Crippen LogP contribution < -0.4 is 20.1 Å². The van der Waals surface area contributed by atoms with Crippen molar-refractivity contribution in [2.75, 3.05) is 7.11 Å². The van der Waals surface area contributed by atoms with Gasteiger partial charge in [0, 0.05) is 34.3 Å². The van der Waals surface area contributed by atoms with Crippen LogP contribution in [0.1, 0.15) is 44.4 Å². The summed E-state index contributed by atoms with van der Waals surface area (Å²) in [5, 5.41) is 32.9. The Bertz CT molecular complexity index is 2190. The van der Waals surface area contributed by atoms with Crippen molar-refractivity contribution in [1.29, 1.82) is 16.1 Å². The second-order valence-corrected chi connectivity index (χ2v) is 11.8. The molecule has 236 valence electrons. The van der Waals surface area contributed by atoms with Crippen LogP contribution in [0.3, 0.4) is 0 Å². The quantitative estimate of drug-likeness (QED) is 0.0735. The molecule has 6 aromatic rings. The van der Waals surface area contributed by atoms with Crippen molar-refractivity contribution in [1.82, 2.24) is 30.6 Å². The minimum atomic E-state index is 0.152. The van der Waals surface area contributed by atoms with Crippen LogP contribution in [-0.2, 0) is 0 Å². The third kappa shape index (κ3) is 6.48. The Morgan fingerprint density at radius 2 is 1.21 bits per heavy atom.